The third-order valence-electron chi connectivity index (χ3n) is 5.47. The summed E-state index contributed by atoms with van der Waals surface area (Å²) in [4.78, 5) is 0. The van der Waals surface area contributed by atoms with Crippen LogP contribution in [0.25, 0.3) is 0 Å². The zero-order valence-corrected chi connectivity index (χ0v) is 15.3. The minimum absolute atomic E-state index is 0.170. The van der Waals surface area contributed by atoms with Gasteiger partial charge in [-0.15, -0.1) is 0 Å². The minimum atomic E-state index is 0.170. The first-order valence-corrected chi connectivity index (χ1v) is 9.40. The number of para-hydroxylation sites is 1. The van der Waals surface area contributed by atoms with E-state index >= 15 is 0 Å². The van der Waals surface area contributed by atoms with E-state index in [1.807, 2.05) is 6.92 Å². The van der Waals surface area contributed by atoms with Crippen molar-refractivity contribution < 1.29 is 9.47 Å². The standard InChI is InChI=1S/C22H27NO2/c1-4-24-19-10-6-5-8-16(19)21-17-9-7-11-25-22(17)18-13-14(2)12-15(3)20(18)23-21/h5-6,8,10,12-13,17,21-23H,4,7,9,11H2,1-3H3. The molecule has 132 valence electrons. The molecular weight excluding hydrogens is 310 g/mol. The highest BCUT2D eigenvalue weighted by Gasteiger charge is 2.41. The monoisotopic (exact) mass is 337 g/mol. The van der Waals surface area contributed by atoms with Crippen LogP contribution < -0.4 is 10.1 Å². The van der Waals surface area contributed by atoms with Gasteiger partial charge >= 0.3 is 0 Å². The molecule has 25 heavy (non-hydrogen) atoms. The Morgan fingerprint density at radius 3 is 2.84 bits per heavy atom. The van der Waals surface area contributed by atoms with Gasteiger partial charge in [0.2, 0.25) is 0 Å². The summed E-state index contributed by atoms with van der Waals surface area (Å²) in [7, 11) is 0. The lowest BCUT2D eigenvalue weighted by Gasteiger charge is -2.44. The van der Waals surface area contributed by atoms with Gasteiger partial charge in [0.05, 0.1) is 18.8 Å². The average molecular weight is 337 g/mol. The van der Waals surface area contributed by atoms with Gasteiger partial charge in [0, 0.05) is 29.3 Å². The maximum atomic E-state index is 6.29. The Kier molecular flexibility index (Phi) is 4.43. The first-order valence-electron chi connectivity index (χ1n) is 9.40. The Bertz CT molecular complexity index is 771. The quantitative estimate of drug-likeness (QED) is 0.820. The molecular formula is C22H27NO2. The predicted molar refractivity (Wildman–Crippen MR) is 101 cm³/mol. The first kappa shape index (κ1) is 16.5. The molecule has 0 spiro atoms. The topological polar surface area (TPSA) is 30.5 Å². The number of anilines is 1. The first-order chi connectivity index (χ1) is 12.2. The number of benzene rings is 2. The van der Waals surface area contributed by atoms with Crippen molar-refractivity contribution in [2.24, 2.45) is 5.92 Å². The Balaban J connectivity index is 1.82. The molecule has 2 heterocycles. The van der Waals surface area contributed by atoms with Crippen LogP contribution in [0.3, 0.4) is 0 Å². The Morgan fingerprint density at radius 2 is 2.00 bits per heavy atom. The van der Waals surface area contributed by atoms with E-state index in [4.69, 9.17) is 9.47 Å². The Labute approximate surface area is 150 Å². The Morgan fingerprint density at radius 1 is 1.16 bits per heavy atom. The maximum absolute atomic E-state index is 6.29. The van der Waals surface area contributed by atoms with Crippen molar-refractivity contribution in [1.82, 2.24) is 0 Å². The van der Waals surface area contributed by atoms with Gasteiger partial charge in [-0.05, 0) is 45.2 Å². The van der Waals surface area contributed by atoms with Gasteiger partial charge in [0.15, 0.2) is 0 Å². The second-order valence-corrected chi connectivity index (χ2v) is 7.24. The van der Waals surface area contributed by atoms with Gasteiger partial charge in [0.1, 0.15) is 5.75 Å². The molecule has 2 aliphatic heterocycles. The van der Waals surface area contributed by atoms with Crippen LogP contribution in [0.15, 0.2) is 36.4 Å². The van der Waals surface area contributed by atoms with E-state index in [-0.39, 0.29) is 12.1 Å². The van der Waals surface area contributed by atoms with E-state index in [0.717, 1.165) is 18.8 Å². The van der Waals surface area contributed by atoms with Crippen LogP contribution >= 0.6 is 0 Å². The molecule has 1 fully saturated rings. The van der Waals surface area contributed by atoms with Gasteiger partial charge in [-0.1, -0.05) is 35.9 Å². The van der Waals surface area contributed by atoms with E-state index in [0.29, 0.717) is 12.5 Å². The molecule has 0 saturated carbocycles. The lowest BCUT2D eigenvalue weighted by molar-refractivity contribution is -0.0384. The van der Waals surface area contributed by atoms with Crippen molar-refractivity contribution in [3.05, 3.63) is 58.7 Å². The molecule has 3 heteroatoms. The molecule has 1 N–H and O–H groups in total. The summed E-state index contributed by atoms with van der Waals surface area (Å²) in [5, 5.41) is 3.85. The molecule has 0 aliphatic carbocycles. The molecule has 3 nitrogen and oxygen atoms in total. The highest BCUT2D eigenvalue weighted by Crippen LogP contribution is 2.51. The summed E-state index contributed by atoms with van der Waals surface area (Å²) in [5.41, 5.74) is 6.41. The number of nitrogens with one attached hydrogen (secondary N) is 1. The van der Waals surface area contributed by atoms with Gasteiger partial charge in [0.25, 0.3) is 0 Å². The molecule has 2 aromatic rings. The summed E-state index contributed by atoms with van der Waals surface area (Å²) < 4.78 is 12.2. The van der Waals surface area contributed by atoms with Crippen LogP contribution in [0, 0.1) is 19.8 Å². The molecule has 0 amide bonds. The fourth-order valence-electron chi connectivity index (χ4n) is 4.48. The van der Waals surface area contributed by atoms with E-state index in [2.05, 4.69) is 55.6 Å². The van der Waals surface area contributed by atoms with E-state index in [1.54, 1.807) is 0 Å². The zero-order valence-electron chi connectivity index (χ0n) is 15.3. The van der Waals surface area contributed by atoms with Crippen LogP contribution in [0.4, 0.5) is 5.69 Å². The predicted octanol–water partition coefficient (Wildman–Crippen LogP) is 5.34. The number of hydrogen-bond acceptors (Lipinski definition) is 3. The van der Waals surface area contributed by atoms with E-state index in [1.165, 1.54) is 34.4 Å². The number of hydrogen-bond donors (Lipinski definition) is 1. The van der Waals surface area contributed by atoms with Gasteiger partial charge in [-0.25, -0.2) is 0 Å². The second-order valence-electron chi connectivity index (χ2n) is 7.24. The van der Waals surface area contributed by atoms with Crippen molar-refractivity contribution in [3.63, 3.8) is 0 Å². The summed E-state index contributed by atoms with van der Waals surface area (Å²) in [6, 6.07) is 13.2. The Hall–Kier alpha value is -2.00. The largest absolute Gasteiger partial charge is 0.494 e. The average Bonchev–Trinajstić information content (AvgIpc) is 2.62. The molecule has 0 bridgehead atoms. The van der Waals surface area contributed by atoms with Crippen LogP contribution in [0.5, 0.6) is 5.75 Å². The lowest BCUT2D eigenvalue weighted by atomic mass is 9.76. The second kappa shape index (κ2) is 6.72. The summed E-state index contributed by atoms with van der Waals surface area (Å²) in [5.74, 6) is 1.42. The SMILES string of the molecule is CCOc1ccccc1C1Nc2c(C)cc(C)cc2C2OCCCC12. The third kappa shape index (κ3) is 2.91. The molecule has 3 atom stereocenters. The van der Waals surface area contributed by atoms with Crippen molar-refractivity contribution in [1.29, 1.82) is 0 Å². The smallest absolute Gasteiger partial charge is 0.124 e. The molecule has 3 unspecified atom stereocenters. The molecule has 2 aromatic carbocycles. The van der Waals surface area contributed by atoms with E-state index < -0.39 is 0 Å². The fraction of sp³-hybridized carbons (Fsp3) is 0.455. The van der Waals surface area contributed by atoms with Crippen molar-refractivity contribution in [3.8, 4) is 5.75 Å². The van der Waals surface area contributed by atoms with Gasteiger partial charge in [-0.3, -0.25) is 0 Å². The third-order valence-corrected chi connectivity index (χ3v) is 5.47. The lowest BCUT2D eigenvalue weighted by Crippen LogP contribution is -2.36. The molecule has 1 saturated heterocycles. The fourth-order valence-corrected chi connectivity index (χ4v) is 4.48. The number of rotatable bonds is 3. The zero-order chi connectivity index (χ0) is 17.4. The van der Waals surface area contributed by atoms with Crippen molar-refractivity contribution in [2.45, 2.75) is 45.8 Å². The summed E-state index contributed by atoms with van der Waals surface area (Å²) in [6.45, 7) is 7.94. The minimum Gasteiger partial charge on any atom is -0.494 e. The number of fused-ring (bicyclic) bond motifs is 3. The number of aryl methyl sites for hydroxylation is 2. The van der Waals surface area contributed by atoms with Gasteiger partial charge in [-0.2, -0.15) is 0 Å². The van der Waals surface area contributed by atoms with E-state index in [9.17, 15) is 0 Å². The van der Waals surface area contributed by atoms with Crippen molar-refractivity contribution >= 4 is 5.69 Å². The molecule has 0 aromatic heterocycles. The van der Waals surface area contributed by atoms with Crippen LogP contribution in [0.1, 0.15) is 54.2 Å². The normalized spacial score (nSPS) is 24.8. The summed E-state index contributed by atoms with van der Waals surface area (Å²) in [6.07, 6.45) is 2.47. The number of ether oxygens (including phenoxy) is 2. The molecule has 2 aliphatic rings. The molecule has 0 radical (unpaired) electrons. The highest BCUT2D eigenvalue weighted by atomic mass is 16.5. The van der Waals surface area contributed by atoms with Crippen LogP contribution in [-0.4, -0.2) is 13.2 Å². The molecule has 4 rings (SSSR count). The summed E-state index contributed by atoms with van der Waals surface area (Å²) >= 11 is 0. The highest BCUT2D eigenvalue weighted by molar-refractivity contribution is 5.63. The van der Waals surface area contributed by atoms with Crippen molar-refractivity contribution in [2.75, 3.05) is 18.5 Å². The van der Waals surface area contributed by atoms with Crippen LogP contribution in [0.2, 0.25) is 0 Å². The van der Waals surface area contributed by atoms with Crippen LogP contribution in [-0.2, 0) is 4.74 Å². The maximum Gasteiger partial charge on any atom is 0.124 e. The van der Waals surface area contributed by atoms with Gasteiger partial charge < -0.3 is 14.8 Å².